The third-order valence-electron chi connectivity index (χ3n) is 5.14. The third-order valence-corrected chi connectivity index (χ3v) is 5.63. The van der Waals surface area contributed by atoms with E-state index in [0.717, 1.165) is 5.56 Å². The van der Waals surface area contributed by atoms with Crippen LogP contribution < -0.4 is 0 Å². The summed E-state index contributed by atoms with van der Waals surface area (Å²) in [5.74, 6) is 0.307. The molecule has 1 unspecified atom stereocenters. The molecule has 150 valence electrons. The van der Waals surface area contributed by atoms with Crippen LogP contribution >= 0.6 is 15.9 Å². The fourth-order valence-electron chi connectivity index (χ4n) is 3.41. The number of hydrogen-bond donors (Lipinski definition) is 0. The molecule has 0 N–H and O–H groups in total. The van der Waals surface area contributed by atoms with E-state index in [9.17, 15) is 9.18 Å². The number of benzene rings is 2. The summed E-state index contributed by atoms with van der Waals surface area (Å²) in [6, 6.07) is 14.0. The molecule has 1 atom stereocenters. The van der Waals surface area contributed by atoms with Gasteiger partial charge in [0.15, 0.2) is 0 Å². The van der Waals surface area contributed by atoms with Gasteiger partial charge >= 0.3 is 0 Å². The molecule has 1 aromatic heterocycles. The maximum atomic E-state index is 14.0. The Labute approximate surface area is 176 Å². The van der Waals surface area contributed by atoms with E-state index in [1.54, 1.807) is 11.0 Å². The lowest BCUT2D eigenvalue weighted by atomic mass is 10.1. The summed E-state index contributed by atoms with van der Waals surface area (Å²) < 4.78 is 20.2. The molecular weight excluding hydrogens is 439 g/mol. The van der Waals surface area contributed by atoms with Crippen molar-refractivity contribution in [3.63, 3.8) is 0 Å². The van der Waals surface area contributed by atoms with Crippen LogP contribution in [0.4, 0.5) is 4.39 Å². The van der Waals surface area contributed by atoms with Crippen molar-refractivity contribution < 1.29 is 13.7 Å². The topological polar surface area (TPSA) is 62.5 Å². The molecule has 1 aliphatic heterocycles. The predicted molar refractivity (Wildman–Crippen MR) is 110 cm³/mol. The quantitative estimate of drug-likeness (QED) is 0.587. The fourth-order valence-corrected chi connectivity index (χ4v) is 3.77. The third kappa shape index (κ3) is 4.23. The fraction of sp³-hybridized carbons (Fsp3) is 0.286. The zero-order valence-corrected chi connectivity index (χ0v) is 17.5. The Balaban J connectivity index is 1.40. The highest BCUT2D eigenvalue weighted by Crippen LogP contribution is 2.24. The monoisotopic (exact) mass is 458 g/mol. The van der Waals surface area contributed by atoms with Crippen LogP contribution in [0.25, 0.3) is 11.4 Å². The molecule has 8 heteroatoms. The minimum atomic E-state index is -0.506. The number of carbonyl (C=O) groups excluding carboxylic acids is 1. The molecule has 3 aromatic rings. The molecule has 1 fully saturated rings. The van der Waals surface area contributed by atoms with Gasteiger partial charge in [-0.1, -0.05) is 51.4 Å². The molecule has 1 amide bonds. The Morgan fingerprint density at radius 1 is 1.14 bits per heavy atom. The molecule has 0 saturated carbocycles. The molecule has 6 nitrogen and oxygen atoms in total. The lowest BCUT2D eigenvalue weighted by molar-refractivity contribution is 0.0547. The average molecular weight is 459 g/mol. The van der Waals surface area contributed by atoms with E-state index in [4.69, 9.17) is 4.52 Å². The molecule has 2 aromatic carbocycles. The first-order chi connectivity index (χ1) is 14.0. The summed E-state index contributed by atoms with van der Waals surface area (Å²) >= 11 is 3.29. The van der Waals surface area contributed by atoms with Crippen LogP contribution in [-0.2, 0) is 0 Å². The SMILES string of the molecule is CC(c1nc(-c2ccccc2)no1)N1CCN(C(=O)c2cc(Br)ccc2F)CC1. The van der Waals surface area contributed by atoms with E-state index in [0.29, 0.717) is 42.4 Å². The van der Waals surface area contributed by atoms with Gasteiger partial charge in [0, 0.05) is 36.2 Å². The highest BCUT2D eigenvalue weighted by Gasteiger charge is 2.29. The van der Waals surface area contributed by atoms with Crippen LogP contribution in [0.15, 0.2) is 57.5 Å². The van der Waals surface area contributed by atoms with Crippen molar-refractivity contribution in [2.24, 2.45) is 0 Å². The molecule has 1 aliphatic rings. The number of piperazine rings is 1. The van der Waals surface area contributed by atoms with Crippen LogP contribution in [0.1, 0.15) is 29.2 Å². The number of carbonyl (C=O) groups is 1. The number of halogens is 2. The molecule has 0 radical (unpaired) electrons. The minimum absolute atomic E-state index is 0.0696. The van der Waals surface area contributed by atoms with Crippen LogP contribution in [0.2, 0.25) is 0 Å². The van der Waals surface area contributed by atoms with Crippen LogP contribution in [0.3, 0.4) is 0 Å². The van der Waals surface area contributed by atoms with Crippen LogP contribution in [0, 0.1) is 5.82 Å². The molecule has 2 heterocycles. The molecule has 4 rings (SSSR count). The Morgan fingerprint density at radius 2 is 1.86 bits per heavy atom. The second-order valence-electron chi connectivity index (χ2n) is 6.95. The lowest BCUT2D eigenvalue weighted by Crippen LogP contribution is -2.49. The molecule has 0 aliphatic carbocycles. The zero-order chi connectivity index (χ0) is 20.4. The van der Waals surface area contributed by atoms with Crippen molar-refractivity contribution >= 4 is 21.8 Å². The van der Waals surface area contributed by atoms with E-state index in [2.05, 4.69) is 31.0 Å². The van der Waals surface area contributed by atoms with Gasteiger partial charge in [-0.25, -0.2) is 4.39 Å². The average Bonchev–Trinajstić information content (AvgIpc) is 3.25. The van der Waals surface area contributed by atoms with Gasteiger partial charge in [-0.2, -0.15) is 4.98 Å². The molecular formula is C21H20BrFN4O2. The zero-order valence-electron chi connectivity index (χ0n) is 15.9. The van der Waals surface area contributed by atoms with E-state index >= 15 is 0 Å². The highest BCUT2D eigenvalue weighted by atomic mass is 79.9. The Kier molecular flexibility index (Phi) is 5.73. The first-order valence-corrected chi connectivity index (χ1v) is 10.2. The number of aromatic nitrogens is 2. The maximum Gasteiger partial charge on any atom is 0.256 e. The van der Waals surface area contributed by atoms with Gasteiger partial charge in [0.2, 0.25) is 11.7 Å². The normalized spacial score (nSPS) is 16.0. The van der Waals surface area contributed by atoms with E-state index in [-0.39, 0.29) is 17.5 Å². The number of hydrogen-bond acceptors (Lipinski definition) is 5. The lowest BCUT2D eigenvalue weighted by Gasteiger charge is -2.36. The van der Waals surface area contributed by atoms with Gasteiger partial charge in [-0.05, 0) is 25.1 Å². The smallest absolute Gasteiger partial charge is 0.256 e. The first kappa shape index (κ1) is 19.7. The highest BCUT2D eigenvalue weighted by molar-refractivity contribution is 9.10. The minimum Gasteiger partial charge on any atom is -0.337 e. The summed E-state index contributed by atoms with van der Waals surface area (Å²) in [7, 11) is 0. The Morgan fingerprint density at radius 3 is 2.59 bits per heavy atom. The molecule has 29 heavy (non-hydrogen) atoms. The summed E-state index contributed by atoms with van der Waals surface area (Å²) in [6.45, 7) is 4.31. The second kappa shape index (κ2) is 8.42. The van der Waals surface area contributed by atoms with Crippen LogP contribution in [-0.4, -0.2) is 52.0 Å². The van der Waals surface area contributed by atoms with Gasteiger partial charge in [0.05, 0.1) is 11.6 Å². The number of nitrogens with zero attached hydrogens (tertiary/aromatic N) is 4. The van der Waals surface area contributed by atoms with Gasteiger partial charge < -0.3 is 9.42 Å². The molecule has 1 saturated heterocycles. The van der Waals surface area contributed by atoms with Gasteiger partial charge in [0.1, 0.15) is 5.82 Å². The summed E-state index contributed by atoms with van der Waals surface area (Å²) in [4.78, 5) is 21.1. The van der Waals surface area contributed by atoms with Gasteiger partial charge in [-0.15, -0.1) is 0 Å². The van der Waals surface area contributed by atoms with Crippen molar-refractivity contribution in [1.29, 1.82) is 0 Å². The first-order valence-electron chi connectivity index (χ1n) is 9.40. The van der Waals surface area contributed by atoms with Crippen molar-refractivity contribution in [3.05, 3.63) is 70.3 Å². The predicted octanol–water partition coefficient (Wildman–Crippen LogP) is 4.16. The van der Waals surface area contributed by atoms with E-state index in [1.807, 2.05) is 37.3 Å². The van der Waals surface area contributed by atoms with Crippen LogP contribution in [0.5, 0.6) is 0 Å². The Bertz CT molecular complexity index is 1000. The standard InChI is InChI=1S/C21H20BrFN4O2/c1-14(20-24-19(25-29-20)15-5-3-2-4-6-15)26-9-11-27(12-10-26)21(28)17-13-16(22)7-8-18(17)23/h2-8,13-14H,9-12H2,1H3. The molecule has 0 spiro atoms. The summed E-state index contributed by atoms with van der Waals surface area (Å²) in [5, 5.41) is 4.08. The van der Waals surface area contributed by atoms with Gasteiger partial charge in [0.25, 0.3) is 5.91 Å². The Hall–Kier alpha value is -2.58. The molecule has 0 bridgehead atoms. The summed E-state index contributed by atoms with van der Waals surface area (Å²) in [6.07, 6.45) is 0. The number of amides is 1. The number of rotatable bonds is 4. The van der Waals surface area contributed by atoms with E-state index < -0.39 is 5.82 Å². The van der Waals surface area contributed by atoms with Crippen molar-refractivity contribution in [1.82, 2.24) is 19.9 Å². The van der Waals surface area contributed by atoms with Crippen molar-refractivity contribution in [2.75, 3.05) is 26.2 Å². The largest absolute Gasteiger partial charge is 0.337 e. The maximum absolute atomic E-state index is 14.0. The van der Waals surface area contributed by atoms with Crippen molar-refractivity contribution in [2.45, 2.75) is 13.0 Å². The van der Waals surface area contributed by atoms with E-state index in [1.165, 1.54) is 12.1 Å². The van der Waals surface area contributed by atoms with Crippen molar-refractivity contribution in [3.8, 4) is 11.4 Å². The van der Waals surface area contributed by atoms with Gasteiger partial charge in [-0.3, -0.25) is 9.69 Å². The second-order valence-corrected chi connectivity index (χ2v) is 7.87. The summed E-state index contributed by atoms with van der Waals surface area (Å²) in [5.41, 5.74) is 0.992.